The third-order valence-corrected chi connectivity index (χ3v) is 3.99. The van der Waals surface area contributed by atoms with E-state index in [2.05, 4.69) is 4.98 Å². The van der Waals surface area contributed by atoms with Crippen LogP contribution in [-0.4, -0.2) is 20.9 Å². The summed E-state index contributed by atoms with van der Waals surface area (Å²) in [5, 5.41) is 0. The standard InChI is InChI=1S/C21H16N4O2/c1-13(26)27-16-9-7-15(8-10-16)19-20(14-5-3-2-4-6-14)25-21-17(23-19)11-12-18(22)24-21/h2-12H,1H3,(H2,22,24,25). The summed E-state index contributed by atoms with van der Waals surface area (Å²) < 4.78 is 5.10. The molecule has 0 spiro atoms. The number of anilines is 1. The molecule has 4 aromatic rings. The summed E-state index contributed by atoms with van der Waals surface area (Å²) in [6.07, 6.45) is 0. The molecule has 0 aliphatic rings. The summed E-state index contributed by atoms with van der Waals surface area (Å²) in [5.74, 6) is 0.520. The zero-order valence-electron chi connectivity index (χ0n) is 14.6. The maximum absolute atomic E-state index is 11.1. The zero-order chi connectivity index (χ0) is 18.8. The topological polar surface area (TPSA) is 91.0 Å². The van der Waals surface area contributed by atoms with E-state index in [-0.39, 0.29) is 5.97 Å². The smallest absolute Gasteiger partial charge is 0.308 e. The van der Waals surface area contributed by atoms with Gasteiger partial charge in [0, 0.05) is 18.1 Å². The average Bonchev–Trinajstić information content (AvgIpc) is 2.68. The minimum Gasteiger partial charge on any atom is -0.427 e. The number of fused-ring (bicyclic) bond motifs is 1. The van der Waals surface area contributed by atoms with Crippen LogP contribution in [-0.2, 0) is 4.79 Å². The SMILES string of the molecule is CC(=O)Oc1ccc(-c2nc3ccc(N)nc3nc2-c2ccccc2)cc1. The Kier molecular flexibility index (Phi) is 4.22. The molecule has 27 heavy (non-hydrogen) atoms. The Morgan fingerprint density at radius 3 is 2.19 bits per heavy atom. The number of hydrogen-bond acceptors (Lipinski definition) is 6. The molecule has 6 nitrogen and oxygen atoms in total. The molecule has 132 valence electrons. The Bertz CT molecular complexity index is 1130. The first-order valence-corrected chi connectivity index (χ1v) is 8.39. The van der Waals surface area contributed by atoms with Gasteiger partial charge in [0.2, 0.25) is 0 Å². The lowest BCUT2D eigenvalue weighted by molar-refractivity contribution is -0.131. The molecule has 4 rings (SSSR count). The van der Waals surface area contributed by atoms with Gasteiger partial charge in [-0.05, 0) is 36.4 Å². The van der Waals surface area contributed by atoms with Gasteiger partial charge in [-0.1, -0.05) is 30.3 Å². The summed E-state index contributed by atoms with van der Waals surface area (Å²) in [5.41, 5.74) is 10.2. The van der Waals surface area contributed by atoms with E-state index in [1.54, 1.807) is 24.3 Å². The van der Waals surface area contributed by atoms with Crippen molar-refractivity contribution in [1.29, 1.82) is 0 Å². The molecule has 0 atom stereocenters. The van der Waals surface area contributed by atoms with E-state index < -0.39 is 0 Å². The molecule has 0 amide bonds. The molecule has 0 aliphatic heterocycles. The fourth-order valence-corrected chi connectivity index (χ4v) is 2.80. The zero-order valence-corrected chi connectivity index (χ0v) is 14.6. The molecule has 6 heteroatoms. The first kappa shape index (κ1) is 16.7. The Morgan fingerprint density at radius 2 is 1.48 bits per heavy atom. The average molecular weight is 356 g/mol. The molecule has 0 unspecified atom stereocenters. The molecule has 0 saturated heterocycles. The highest BCUT2D eigenvalue weighted by molar-refractivity contribution is 5.85. The molecule has 0 fully saturated rings. The van der Waals surface area contributed by atoms with E-state index in [9.17, 15) is 4.79 Å². The van der Waals surface area contributed by atoms with Crippen LogP contribution in [0.5, 0.6) is 5.75 Å². The van der Waals surface area contributed by atoms with Gasteiger partial charge in [0.25, 0.3) is 0 Å². The molecule has 2 aromatic carbocycles. The number of benzene rings is 2. The predicted octanol–water partition coefficient (Wildman–Crippen LogP) is 3.87. The molecular weight excluding hydrogens is 340 g/mol. The highest BCUT2D eigenvalue weighted by atomic mass is 16.5. The number of pyridine rings is 1. The number of rotatable bonds is 3. The number of nitrogen functional groups attached to an aromatic ring is 1. The first-order chi connectivity index (χ1) is 13.1. The molecule has 2 N–H and O–H groups in total. The summed E-state index contributed by atoms with van der Waals surface area (Å²) >= 11 is 0. The van der Waals surface area contributed by atoms with Crippen molar-refractivity contribution in [1.82, 2.24) is 15.0 Å². The Balaban J connectivity index is 1.90. The number of aromatic nitrogens is 3. The van der Waals surface area contributed by atoms with Crippen molar-refractivity contribution in [3.8, 4) is 28.3 Å². The van der Waals surface area contributed by atoms with E-state index in [4.69, 9.17) is 20.4 Å². The van der Waals surface area contributed by atoms with Crippen LogP contribution >= 0.6 is 0 Å². The van der Waals surface area contributed by atoms with Crippen molar-refractivity contribution in [3.63, 3.8) is 0 Å². The molecule has 2 aromatic heterocycles. The second-order valence-electron chi connectivity index (χ2n) is 5.98. The second kappa shape index (κ2) is 6.84. The third-order valence-electron chi connectivity index (χ3n) is 3.99. The summed E-state index contributed by atoms with van der Waals surface area (Å²) in [6, 6.07) is 20.5. The lowest BCUT2D eigenvalue weighted by atomic mass is 10.0. The van der Waals surface area contributed by atoms with Crippen molar-refractivity contribution >= 4 is 23.0 Å². The second-order valence-corrected chi connectivity index (χ2v) is 5.98. The fourth-order valence-electron chi connectivity index (χ4n) is 2.80. The van der Waals surface area contributed by atoms with Gasteiger partial charge in [-0.2, -0.15) is 0 Å². The number of hydrogen-bond donors (Lipinski definition) is 1. The predicted molar refractivity (Wildman–Crippen MR) is 104 cm³/mol. The van der Waals surface area contributed by atoms with Gasteiger partial charge in [0.05, 0.1) is 11.4 Å². The third kappa shape index (κ3) is 3.46. The highest BCUT2D eigenvalue weighted by Gasteiger charge is 2.14. The Hall–Kier alpha value is -3.80. The molecule has 2 heterocycles. The largest absolute Gasteiger partial charge is 0.427 e. The highest BCUT2D eigenvalue weighted by Crippen LogP contribution is 2.31. The van der Waals surface area contributed by atoms with Crippen molar-refractivity contribution in [2.24, 2.45) is 0 Å². The van der Waals surface area contributed by atoms with Gasteiger partial charge in [0.1, 0.15) is 17.1 Å². The lowest BCUT2D eigenvalue weighted by Crippen LogP contribution is -2.01. The van der Waals surface area contributed by atoms with Gasteiger partial charge >= 0.3 is 5.97 Å². The van der Waals surface area contributed by atoms with Gasteiger partial charge in [-0.3, -0.25) is 4.79 Å². The fraction of sp³-hybridized carbons (Fsp3) is 0.0476. The van der Waals surface area contributed by atoms with Crippen molar-refractivity contribution in [2.45, 2.75) is 6.92 Å². The number of ether oxygens (including phenoxy) is 1. The number of nitrogens with two attached hydrogens (primary N) is 1. The van der Waals surface area contributed by atoms with Crippen molar-refractivity contribution in [2.75, 3.05) is 5.73 Å². The monoisotopic (exact) mass is 356 g/mol. The van der Waals surface area contributed by atoms with Gasteiger partial charge in [0.15, 0.2) is 5.65 Å². The van der Waals surface area contributed by atoms with Gasteiger partial charge < -0.3 is 10.5 Å². The van der Waals surface area contributed by atoms with Crippen molar-refractivity contribution < 1.29 is 9.53 Å². The maximum Gasteiger partial charge on any atom is 0.308 e. The van der Waals surface area contributed by atoms with E-state index in [1.807, 2.05) is 42.5 Å². The molecular formula is C21H16N4O2. The van der Waals surface area contributed by atoms with Crippen LogP contribution in [0.2, 0.25) is 0 Å². The summed E-state index contributed by atoms with van der Waals surface area (Å²) in [4.78, 5) is 24.9. The minimum absolute atomic E-state index is 0.359. The van der Waals surface area contributed by atoms with E-state index in [0.29, 0.717) is 28.4 Å². The van der Waals surface area contributed by atoms with Crippen LogP contribution in [0.25, 0.3) is 33.7 Å². The summed E-state index contributed by atoms with van der Waals surface area (Å²) in [6.45, 7) is 1.37. The quantitative estimate of drug-likeness (QED) is 0.443. The molecule has 0 saturated carbocycles. The number of nitrogens with zero attached hydrogens (tertiary/aromatic N) is 3. The number of carbonyl (C=O) groups excluding carboxylic acids is 1. The molecule has 0 bridgehead atoms. The number of carbonyl (C=O) groups is 1. The van der Waals surface area contributed by atoms with Crippen LogP contribution in [0.3, 0.4) is 0 Å². The maximum atomic E-state index is 11.1. The van der Waals surface area contributed by atoms with E-state index >= 15 is 0 Å². The van der Waals surface area contributed by atoms with Crippen LogP contribution in [0, 0.1) is 0 Å². The lowest BCUT2D eigenvalue weighted by Gasteiger charge is -2.11. The van der Waals surface area contributed by atoms with Crippen LogP contribution in [0.15, 0.2) is 66.7 Å². The van der Waals surface area contributed by atoms with Crippen LogP contribution in [0.1, 0.15) is 6.92 Å². The molecule has 0 radical (unpaired) electrons. The molecule has 0 aliphatic carbocycles. The number of esters is 1. The Labute approximate surface area is 155 Å². The first-order valence-electron chi connectivity index (χ1n) is 8.39. The van der Waals surface area contributed by atoms with Crippen LogP contribution in [0.4, 0.5) is 5.82 Å². The van der Waals surface area contributed by atoms with Gasteiger partial charge in [-0.15, -0.1) is 0 Å². The summed E-state index contributed by atoms with van der Waals surface area (Å²) in [7, 11) is 0. The minimum atomic E-state index is -0.359. The van der Waals surface area contributed by atoms with E-state index in [0.717, 1.165) is 16.8 Å². The van der Waals surface area contributed by atoms with Gasteiger partial charge in [-0.25, -0.2) is 15.0 Å². The Morgan fingerprint density at radius 1 is 0.815 bits per heavy atom. The normalized spacial score (nSPS) is 10.7. The van der Waals surface area contributed by atoms with E-state index in [1.165, 1.54) is 6.92 Å². The van der Waals surface area contributed by atoms with Crippen LogP contribution < -0.4 is 10.5 Å². The van der Waals surface area contributed by atoms with Crippen molar-refractivity contribution in [3.05, 3.63) is 66.7 Å².